The number of ether oxygens (including phenoxy) is 2. The molecule has 2 aliphatic heterocycles. The molecule has 5 rings (SSSR count). The zero-order chi connectivity index (χ0) is 19.7. The predicted octanol–water partition coefficient (Wildman–Crippen LogP) is 3.76. The van der Waals surface area contributed by atoms with E-state index in [9.17, 15) is 8.42 Å². The molecule has 2 heterocycles. The molecule has 2 fully saturated rings. The van der Waals surface area contributed by atoms with E-state index in [1.807, 2.05) is 0 Å². The summed E-state index contributed by atoms with van der Waals surface area (Å²) >= 11 is 0. The smallest absolute Gasteiger partial charge is 0.208 e. The summed E-state index contributed by atoms with van der Waals surface area (Å²) in [5, 5.41) is 0. The molecule has 0 amide bonds. The van der Waals surface area contributed by atoms with Gasteiger partial charge in [0.1, 0.15) is 5.75 Å². The summed E-state index contributed by atoms with van der Waals surface area (Å²) in [6, 6.07) is 6.32. The number of aryl methyl sites for hydroxylation is 1. The normalized spacial score (nSPS) is 33.7. The maximum atomic E-state index is 11.9. The summed E-state index contributed by atoms with van der Waals surface area (Å²) in [7, 11) is -3.24. The lowest BCUT2D eigenvalue weighted by molar-refractivity contribution is -0.0298. The molecule has 1 aromatic rings. The number of hydrogen-bond donors (Lipinski definition) is 1. The lowest BCUT2D eigenvalue weighted by Gasteiger charge is -2.40. The third-order valence-electron chi connectivity index (χ3n) is 6.92. The Kier molecular flexibility index (Phi) is 6.00. The number of benzene rings is 1. The minimum atomic E-state index is -3.24. The Balaban J connectivity index is 1.62. The van der Waals surface area contributed by atoms with Crippen molar-refractivity contribution in [3.63, 3.8) is 0 Å². The highest BCUT2D eigenvalue weighted by atomic mass is 32.2. The number of sulfonamides is 1. The van der Waals surface area contributed by atoms with Crippen LogP contribution in [0.15, 0.2) is 18.2 Å². The van der Waals surface area contributed by atoms with Crippen molar-refractivity contribution in [2.24, 2.45) is 11.8 Å². The zero-order valence-electron chi connectivity index (χ0n) is 17.0. The van der Waals surface area contributed by atoms with Gasteiger partial charge in [-0.05, 0) is 68.9 Å². The van der Waals surface area contributed by atoms with Gasteiger partial charge in [0, 0.05) is 17.5 Å². The molecule has 0 aromatic heterocycles. The van der Waals surface area contributed by atoms with Crippen molar-refractivity contribution in [3.05, 3.63) is 29.3 Å². The van der Waals surface area contributed by atoms with Gasteiger partial charge >= 0.3 is 0 Å². The van der Waals surface area contributed by atoms with E-state index in [0.29, 0.717) is 31.2 Å². The van der Waals surface area contributed by atoms with Gasteiger partial charge in [0.2, 0.25) is 10.0 Å². The van der Waals surface area contributed by atoms with Crippen LogP contribution in [0.2, 0.25) is 0 Å². The van der Waals surface area contributed by atoms with Crippen molar-refractivity contribution >= 4 is 10.0 Å². The Morgan fingerprint density at radius 3 is 2.57 bits per heavy atom. The minimum absolute atomic E-state index is 0.0615. The zero-order valence-corrected chi connectivity index (χ0v) is 17.8. The van der Waals surface area contributed by atoms with Crippen molar-refractivity contribution in [1.82, 2.24) is 4.72 Å². The van der Waals surface area contributed by atoms with Crippen molar-refractivity contribution < 1.29 is 17.9 Å². The van der Waals surface area contributed by atoms with Crippen LogP contribution in [0.25, 0.3) is 0 Å². The molecule has 1 unspecified atom stereocenters. The Bertz CT molecular complexity index is 786. The molecule has 1 aromatic carbocycles. The van der Waals surface area contributed by atoms with E-state index in [0.717, 1.165) is 50.7 Å². The van der Waals surface area contributed by atoms with E-state index >= 15 is 0 Å². The molecule has 5 nitrogen and oxygen atoms in total. The summed E-state index contributed by atoms with van der Waals surface area (Å²) in [6.45, 7) is 3.44. The Morgan fingerprint density at radius 1 is 1.04 bits per heavy atom. The number of fused-ring (bicyclic) bond motifs is 4. The fraction of sp³-hybridized carbons (Fsp3) is 0.727. The first-order valence-corrected chi connectivity index (χ1v) is 12.6. The summed E-state index contributed by atoms with van der Waals surface area (Å²) in [5.41, 5.74) is 2.69. The van der Waals surface area contributed by atoms with E-state index in [2.05, 4.69) is 29.8 Å². The Hall–Kier alpha value is -1.11. The quantitative estimate of drug-likeness (QED) is 0.811. The summed E-state index contributed by atoms with van der Waals surface area (Å²) in [6.07, 6.45) is 8.90. The topological polar surface area (TPSA) is 64.6 Å². The fourth-order valence-electron chi connectivity index (χ4n) is 5.50. The molecule has 2 saturated carbocycles. The van der Waals surface area contributed by atoms with E-state index in [4.69, 9.17) is 9.47 Å². The van der Waals surface area contributed by atoms with Crippen molar-refractivity contribution in [2.45, 2.75) is 69.9 Å². The van der Waals surface area contributed by atoms with Gasteiger partial charge in [-0.2, -0.15) is 0 Å². The van der Waals surface area contributed by atoms with Gasteiger partial charge in [-0.3, -0.25) is 0 Å². The molecule has 6 heteroatoms. The van der Waals surface area contributed by atoms with Crippen LogP contribution in [0.3, 0.4) is 0 Å². The van der Waals surface area contributed by atoms with Crippen molar-refractivity contribution in [3.8, 4) is 5.75 Å². The molecular formula is C22H33NO4S. The van der Waals surface area contributed by atoms with Crippen molar-refractivity contribution in [1.29, 1.82) is 0 Å². The largest absolute Gasteiger partial charge is 0.493 e. The second-order valence-electron chi connectivity index (χ2n) is 8.96. The number of rotatable bonds is 2. The minimum Gasteiger partial charge on any atom is -0.493 e. The van der Waals surface area contributed by atoms with E-state index in [-0.39, 0.29) is 12.0 Å². The number of hydrogen-bond acceptors (Lipinski definition) is 4. The van der Waals surface area contributed by atoms with Crippen molar-refractivity contribution in [2.75, 3.05) is 19.5 Å². The lowest BCUT2D eigenvalue weighted by Crippen LogP contribution is -2.48. The van der Waals surface area contributed by atoms with Crippen LogP contribution in [0.1, 0.15) is 62.0 Å². The first-order chi connectivity index (χ1) is 13.4. The SMILES string of the molecule is Cc1cccc2c1[C@H]1CC[C@H](CC1)OC[C@@H]1C(CCC[C@@H]1NS(C)(=O)=O)CO2. The van der Waals surface area contributed by atoms with Crippen LogP contribution >= 0.6 is 0 Å². The first-order valence-electron chi connectivity index (χ1n) is 10.7. The molecule has 2 aliphatic carbocycles. The van der Waals surface area contributed by atoms with Gasteiger partial charge in [0.25, 0.3) is 0 Å². The van der Waals surface area contributed by atoms with E-state index in [1.54, 1.807) is 0 Å². The van der Waals surface area contributed by atoms with Gasteiger partial charge in [-0.25, -0.2) is 13.1 Å². The monoisotopic (exact) mass is 407 g/mol. The van der Waals surface area contributed by atoms with E-state index in [1.165, 1.54) is 17.4 Å². The second-order valence-corrected chi connectivity index (χ2v) is 10.7. The predicted molar refractivity (Wildman–Crippen MR) is 110 cm³/mol. The molecule has 28 heavy (non-hydrogen) atoms. The molecule has 0 radical (unpaired) electrons. The van der Waals surface area contributed by atoms with Gasteiger partial charge in [0.15, 0.2) is 0 Å². The Labute approximate surface area is 169 Å². The van der Waals surface area contributed by atoms with Crippen LogP contribution in [-0.2, 0) is 14.8 Å². The Morgan fingerprint density at radius 2 is 1.82 bits per heavy atom. The summed E-state index contributed by atoms with van der Waals surface area (Å²) in [4.78, 5) is 0. The average Bonchev–Trinajstić information content (AvgIpc) is 2.64. The highest BCUT2D eigenvalue weighted by Crippen LogP contribution is 2.42. The summed E-state index contributed by atoms with van der Waals surface area (Å²) in [5.74, 6) is 2.05. The molecule has 2 bridgehead atoms. The third-order valence-corrected chi connectivity index (χ3v) is 7.65. The van der Waals surface area contributed by atoms with Gasteiger partial charge in [0.05, 0.1) is 25.6 Å². The van der Waals surface area contributed by atoms with E-state index < -0.39 is 10.0 Å². The molecule has 1 N–H and O–H groups in total. The first kappa shape index (κ1) is 20.2. The number of nitrogens with one attached hydrogen (secondary N) is 1. The molecule has 156 valence electrons. The lowest BCUT2D eigenvalue weighted by atomic mass is 9.76. The molecule has 3 atom stereocenters. The average molecular weight is 408 g/mol. The maximum Gasteiger partial charge on any atom is 0.208 e. The third kappa shape index (κ3) is 4.55. The van der Waals surface area contributed by atoms with Crippen LogP contribution in [0.5, 0.6) is 5.75 Å². The molecule has 0 spiro atoms. The second kappa shape index (κ2) is 8.33. The standard InChI is InChI=1S/C22H33NO4S/c1-15-5-3-8-21-22(15)16-9-11-18(12-10-16)26-14-19-17(13-27-21)6-4-7-20(19)23-28(2,24)25/h3,5,8,16-20,23H,4,6-7,9-14H2,1-2H3/t16-,17?,18+,19-,20+/m1/s1. The maximum absolute atomic E-state index is 11.9. The van der Waals surface area contributed by atoms with Crippen LogP contribution in [0, 0.1) is 18.8 Å². The molecule has 4 aliphatic rings. The molecule has 0 saturated heterocycles. The highest BCUT2D eigenvalue weighted by molar-refractivity contribution is 7.88. The fourth-order valence-corrected chi connectivity index (χ4v) is 6.34. The van der Waals surface area contributed by atoms with Gasteiger partial charge in [-0.15, -0.1) is 0 Å². The van der Waals surface area contributed by atoms with Crippen LogP contribution < -0.4 is 9.46 Å². The van der Waals surface area contributed by atoms with Gasteiger partial charge < -0.3 is 9.47 Å². The highest BCUT2D eigenvalue weighted by Gasteiger charge is 2.37. The molecular weight excluding hydrogens is 374 g/mol. The van der Waals surface area contributed by atoms with Crippen LogP contribution in [-0.4, -0.2) is 40.0 Å². The summed E-state index contributed by atoms with van der Waals surface area (Å²) < 4.78 is 39.4. The van der Waals surface area contributed by atoms with Crippen LogP contribution in [0.4, 0.5) is 0 Å². The van der Waals surface area contributed by atoms with Gasteiger partial charge in [-0.1, -0.05) is 18.6 Å².